The van der Waals surface area contributed by atoms with Crippen molar-refractivity contribution in [3.63, 3.8) is 0 Å². The van der Waals surface area contributed by atoms with E-state index >= 15 is 0 Å². The van der Waals surface area contributed by atoms with Gasteiger partial charge in [0.25, 0.3) is 0 Å². The van der Waals surface area contributed by atoms with E-state index in [0.717, 1.165) is 13.2 Å². The van der Waals surface area contributed by atoms with Crippen LogP contribution in [-0.4, -0.2) is 16.7 Å². The maximum atomic E-state index is 5.49. The van der Waals surface area contributed by atoms with Gasteiger partial charge in [0, 0.05) is 24.9 Å². The van der Waals surface area contributed by atoms with Crippen LogP contribution in [0.4, 0.5) is 0 Å². The van der Waals surface area contributed by atoms with Crippen LogP contribution in [0.3, 0.4) is 0 Å². The molecule has 0 fully saturated rings. The van der Waals surface area contributed by atoms with Crippen LogP contribution in [-0.2, 0) is 18.0 Å². The van der Waals surface area contributed by atoms with Gasteiger partial charge >= 0.3 is 0 Å². The van der Waals surface area contributed by atoms with Crippen LogP contribution in [0.1, 0.15) is 33.3 Å². The van der Waals surface area contributed by atoms with E-state index in [1.165, 1.54) is 16.5 Å². The highest BCUT2D eigenvalue weighted by molar-refractivity contribution is 5.80. The zero-order chi connectivity index (χ0) is 13.9. The standard InChI is InChI=1S/C16H24N2O/c1-5-19-12-18-9-8-14-7-6-13(10-15(14)18)11-17-16(2,3)4/h6-10,17H,5,11-12H2,1-4H3. The van der Waals surface area contributed by atoms with Gasteiger partial charge in [-0.15, -0.1) is 0 Å². The molecule has 0 aliphatic rings. The third-order valence-electron chi connectivity index (χ3n) is 3.10. The van der Waals surface area contributed by atoms with Crippen molar-refractivity contribution in [1.29, 1.82) is 0 Å². The van der Waals surface area contributed by atoms with Crippen LogP contribution in [0.15, 0.2) is 30.5 Å². The molecule has 0 aliphatic heterocycles. The zero-order valence-corrected chi connectivity index (χ0v) is 12.4. The Morgan fingerprint density at radius 3 is 2.68 bits per heavy atom. The predicted molar refractivity (Wildman–Crippen MR) is 80.2 cm³/mol. The summed E-state index contributed by atoms with van der Waals surface area (Å²) in [7, 11) is 0. The highest BCUT2D eigenvalue weighted by Crippen LogP contribution is 2.18. The van der Waals surface area contributed by atoms with Crippen LogP contribution >= 0.6 is 0 Å². The van der Waals surface area contributed by atoms with Gasteiger partial charge in [-0.05, 0) is 50.8 Å². The molecule has 0 amide bonds. The van der Waals surface area contributed by atoms with Gasteiger partial charge in [0.2, 0.25) is 0 Å². The number of hydrogen-bond acceptors (Lipinski definition) is 2. The highest BCUT2D eigenvalue weighted by Gasteiger charge is 2.09. The Morgan fingerprint density at radius 1 is 1.21 bits per heavy atom. The summed E-state index contributed by atoms with van der Waals surface area (Å²) in [6.07, 6.45) is 2.08. The summed E-state index contributed by atoms with van der Waals surface area (Å²) in [5.41, 5.74) is 2.68. The Bertz CT molecular complexity index is 537. The Balaban J connectivity index is 2.18. The fourth-order valence-corrected chi connectivity index (χ4v) is 2.01. The van der Waals surface area contributed by atoms with E-state index < -0.39 is 0 Å². The summed E-state index contributed by atoms with van der Waals surface area (Å²) in [6.45, 7) is 10.8. The number of nitrogens with one attached hydrogen (secondary N) is 1. The quantitative estimate of drug-likeness (QED) is 0.890. The minimum atomic E-state index is 0.141. The molecule has 2 rings (SSSR count). The molecule has 1 N–H and O–H groups in total. The minimum Gasteiger partial charge on any atom is -0.361 e. The molecule has 1 heterocycles. The lowest BCUT2D eigenvalue weighted by Gasteiger charge is -2.20. The average Bonchev–Trinajstić information content (AvgIpc) is 2.75. The van der Waals surface area contributed by atoms with Crippen LogP contribution < -0.4 is 5.32 Å². The molecule has 0 saturated heterocycles. The second-order valence-corrected chi connectivity index (χ2v) is 5.90. The number of rotatable bonds is 5. The molecule has 3 heteroatoms. The van der Waals surface area contributed by atoms with Crippen molar-refractivity contribution in [3.8, 4) is 0 Å². The molecule has 0 unspecified atom stereocenters. The lowest BCUT2D eigenvalue weighted by molar-refractivity contribution is 0.0909. The zero-order valence-electron chi connectivity index (χ0n) is 12.4. The van der Waals surface area contributed by atoms with E-state index in [1.807, 2.05) is 6.92 Å². The molecule has 0 atom stereocenters. The molecule has 2 aromatic rings. The Kier molecular flexibility index (Phi) is 4.27. The van der Waals surface area contributed by atoms with Crippen LogP contribution in [0.2, 0.25) is 0 Å². The maximum absolute atomic E-state index is 5.49. The van der Waals surface area contributed by atoms with Crippen molar-refractivity contribution in [2.24, 2.45) is 0 Å². The van der Waals surface area contributed by atoms with Gasteiger partial charge < -0.3 is 14.6 Å². The van der Waals surface area contributed by atoms with Gasteiger partial charge in [0.05, 0.1) is 5.52 Å². The minimum absolute atomic E-state index is 0.141. The molecule has 0 spiro atoms. The molecule has 0 bridgehead atoms. The molecular weight excluding hydrogens is 236 g/mol. The normalized spacial score (nSPS) is 12.2. The first-order chi connectivity index (χ1) is 8.99. The molecule has 1 aromatic carbocycles. The summed E-state index contributed by atoms with van der Waals surface area (Å²) in [6, 6.07) is 8.74. The average molecular weight is 260 g/mol. The maximum Gasteiger partial charge on any atom is 0.122 e. The first kappa shape index (κ1) is 14.1. The summed E-state index contributed by atoms with van der Waals surface area (Å²) in [5.74, 6) is 0. The van der Waals surface area contributed by atoms with Crippen LogP contribution in [0.25, 0.3) is 10.9 Å². The van der Waals surface area contributed by atoms with Gasteiger partial charge in [-0.25, -0.2) is 0 Å². The number of benzene rings is 1. The molecule has 0 aliphatic carbocycles. The van der Waals surface area contributed by atoms with Crippen molar-refractivity contribution in [2.45, 2.75) is 46.5 Å². The lowest BCUT2D eigenvalue weighted by atomic mass is 10.1. The third-order valence-corrected chi connectivity index (χ3v) is 3.10. The Labute approximate surface area is 115 Å². The van der Waals surface area contributed by atoms with E-state index in [4.69, 9.17) is 4.74 Å². The molecule has 0 radical (unpaired) electrons. The summed E-state index contributed by atoms with van der Waals surface area (Å²) in [5, 5.41) is 4.78. The second-order valence-electron chi connectivity index (χ2n) is 5.90. The van der Waals surface area contributed by atoms with Crippen molar-refractivity contribution >= 4 is 10.9 Å². The number of hydrogen-bond donors (Lipinski definition) is 1. The molecular formula is C16H24N2O. The third kappa shape index (κ3) is 3.82. The van der Waals surface area contributed by atoms with E-state index in [2.05, 4.69) is 61.1 Å². The van der Waals surface area contributed by atoms with Gasteiger partial charge in [-0.1, -0.05) is 12.1 Å². The number of fused-ring (bicyclic) bond motifs is 1. The Morgan fingerprint density at radius 2 is 2.00 bits per heavy atom. The van der Waals surface area contributed by atoms with E-state index in [9.17, 15) is 0 Å². The monoisotopic (exact) mass is 260 g/mol. The largest absolute Gasteiger partial charge is 0.361 e. The van der Waals surface area contributed by atoms with Crippen molar-refractivity contribution in [3.05, 3.63) is 36.0 Å². The first-order valence-corrected chi connectivity index (χ1v) is 6.90. The van der Waals surface area contributed by atoms with Crippen LogP contribution in [0.5, 0.6) is 0 Å². The molecule has 1 aromatic heterocycles. The van der Waals surface area contributed by atoms with Crippen LogP contribution in [0, 0.1) is 0 Å². The predicted octanol–water partition coefficient (Wildman–Crippen LogP) is 3.52. The van der Waals surface area contributed by atoms with Gasteiger partial charge in [0.1, 0.15) is 6.73 Å². The summed E-state index contributed by atoms with van der Waals surface area (Å²) >= 11 is 0. The first-order valence-electron chi connectivity index (χ1n) is 6.90. The van der Waals surface area contributed by atoms with Gasteiger partial charge in [-0.2, -0.15) is 0 Å². The van der Waals surface area contributed by atoms with Crippen molar-refractivity contribution in [2.75, 3.05) is 6.61 Å². The number of nitrogens with zero attached hydrogens (tertiary/aromatic N) is 1. The summed E-state index contributed by atoms with van der Waals surface area (Å²) < 4.78 is 7.64. The molecule has 0 saturated carbocycles. The van der Waals surface area contributed by atoms with E-state index in [-0.39, 0.29) is 5.54 Å². The SMILES string of the molecule is CCOCn1ccc2ccc(CNC(C)(C)C)cc21. The fourth-order valence-electron chi connectivity index (χ4n) is 2.01. The van der Waals surface area contributed by atoms with Gasteiger partial charge in [0.15, 0.2) is 0 Å². The van der Waals surface area contributed by atoms with E-state index in [0.29, 0.717) is 6.73 Å². The van der Waals surface area contributed by atoms with Gasteiger partial charge in [-0.3, -0.25) is 0 Å². The lowest BCUT2D eigenvalue weighted by Crippen LogP contribution is -2.35. The van der Waals surface area contributed by atoms with Crippen molar-refractivity contribution < 1.29 is 4.74 Å². The number of ether oxygens (including phenoxy) is 1. The summed E-state index contributed by atoms with van der Waals surface area (Å²) in [4.78, 5) is 0. The molecule has 19 heavy (non-hydrogen) atoms. The second kappa shape index (κ2) is 5.76. The number of aromatic nitrogens is 1. The smallest absolute Gasteiger partial charge is 0.122 e. The molecule has 3 nitrogen and oxygen atoms in total. The van der Waals surface area contributed by atoms with Crippen molar-refractivity contribution in [1.82, 2.24) is 9.88 Å². The fraction of sp³-hybridized carbons (Fsp3) is 0.500. The highest BCUT2D eigenvalue weighted by atomic mass is 16.5. The van der Waals surface area contributed by atoms with E-state index in [1.54, 1.807) is 0 Å². The topological polar surface area (TPSA) is 26.2 Å². The Hall–Kier alpha value is -1.32. The molecule has 104 valence electrons.